The normalized spacial score (nSPS) is 25.5. The standard InChI is InChI=1S/C15H21N3O3/c1-9-10(2)16-17-14(13(9)15(19)20)18-7-8-21-12-6-4-3-5-11(12)18/h11-12H,3-8H2,1-2H3,(H,19,20). The molecule has 2 aliphatic rings. The van der Waals surface area contributed by atoms with Crippen LogP contribution in [-0.4, -0.2) is 46.6 Å². The lowest BCUT2D eigenvalue weighted by molar-refractivity contribution is -0.00917. The number of hydrogen-bond donors (Lipinski definition) is 1. The molecule has 1 N–H and O–H groups in total. The number of aromatic nitrogens is 2. The van der Waals surface area contributed by atoms with Gasteiger partial charge in [-0.05, 0) is 32.3 Å². The van der Waals surface area contributed by atoms with Crippen molar-refractivity contribution < 1.29 is 14.6 Å². The predicted molar refractivity (Wildman–Crippen MR) is 77.8 cm³/mol. The predicted octanol–water partition coefficient (Wildman–Crippen LogP) is 1.94. The summed E-state index contributed by atoms with van der Waals surface area (Å²) in [6.07, 6.45) is 4.60. The third kappa shape index (κ3) is 2.48. The Morgan fingerprint density at radius 2 is 2.05 bits per heavy atom. The Morgan fingerprint density at radius 1 is 1.29 bits per heavy atom. The zero-order valence-corrected chi connectivity index (χ0v) is 12.5. The Hall–Kier alpha value is -1.69. The van der Waals surface area contributed by atoms with Gasteiger partial charge in [0.05, 0.1) is 24.4 Å². The summed E-state index contributed by atoms with van der Waals surface area (Å²) in [7, 11) is 0. The summed E-state index contributed by atoms with van der Waals surface area (Å²) in [6.45, 7) is 4.89. The third-order valence-electron chi connectivity index (χ3n) is 4.65. The van der Waals surface area contributed by atoms with Gasteiger partial charge in [-0.15, -0.1) is 5.10 Å². The quantitative estimate of drug-likeness (QED) is 0.897. The van der Waals surface area contributed by atoms with E-state index in [0.29, 0.717) is 30.2 Å². The summed E-state index contributed by atoms with van der Waals surface area (Å²) in [5.74, 6) is -0.426. The molecule has 1 saturated carbocycles. The zero-order valence-electron chi connectivity index (χ0n) is 12.5. The number of rotatable bonds is 2. The number of anilines is 1. The first-order chi connectivity index (χ1) is 10.1. The Labute approximate surface area is 124 Å². The van der Waals surface area contributed by atoms with E-state index in [2.05, 4.69) is 15.1 Å². The lowest BCUT2D eigenvalue weighted by Crippen LogP contribution is -2.53. The molecule has 1 aromatic rings. The van der Waals surface area contributed by atoms with Gasteiger partial charge in [0.2, 0.25) is 0 Å². The Kier molecular flexibility index (Phi) is 3.80. The van der Waals surface area contributed by atoms with E-state index in [0.717, 1.165) is 19.3 Å². The highest BCUT2D eigenvalue weighted by molar-refractivity contribution is 5.95. The second kappa shape index (κ2) is 5.60. The first-order valence-electron chi connectivity index (χ1n) is 7.55. The molecule has 0 amide bonds. The first kappa shape index (κ1) is 14.3. The summed E-state index contributed by atoms with van der Waals surface area (Å²) in [5.41, 5.74) is 1.66. The second-order valence-electron chi connectivity index (χ2n) is 5.87. The van der Waals surface area contributed by atoms with Crippen molar-refractivity contribution in [1.82, 2.24) is 10.2 Å². The van der Waals surface area contributed by atoms with Gasteiger partial charge in [0.15, 0.2) is 5.82 Å². The van der Waals surface area contributed by atoms with Crippen LogP contribution in [0.25, 0.3) is 0 Å². The fourth-order valence-corrected chi connectivity index (χ4v) is 3.41. The first-order valence-corrected chi connectivity index (χ1v) is 7.55. The molecule has 0 radical (unpaired) electrons. The minimum absolute atomic E-state index is 0.192. The van der Waals surface area contributed by atoms with E-state index in [9.17, 15) is 9.90 Å². The molecule has 1 aliphatic carbocycles. The Morgan fingerprint density at radius 3 is 2.81 bits per heavy atom. The molecule has 6 heteroatoms. The molecule has 114 valence electrons. The van der Waals surface area contributed by atoms with Crippen molar-refractivity contribution in [3.05, 3.63) is 16.8 Å². The molecular weight excluding hydrogens is 270 g/mol. The average molecular weight is 291 g/mol. The van der Waals surface area contributed by atoms with Crippen LogP contribution in [0.3, 0.4) is 0 Å². The number of carboxylic acid groups (broad SMARTS) is 1. The summed E-state index contributed by atoms with van der Waals surface area (Å²) < 4.78 is 5.85. The van der Waals surface area contributed by atoms with E-state index in [-0.39, 0.29) is 17.7 Å². The van der Waals surface area contributed by atoms with Gasteiger partial charge in [-0.25, -0.2) is 4.79 Å². The lowest BCUT2D eigenvalue weighted by Gasteiger charge is -2.44. The van der Waals surface area contributed by atoms with E-state index in [4.69, 9.17) is 4.74 Å². The Balaban J connectivity index is 2.02. The van der Waals surface area contributed by atoms with Crippen LogP contribution in [0, 0.1) is 13.8 Å². The van der Waals surface area contributed by atoms with E-state index in [1.54, 1.807) is 13.8 Å². The van der Waals surface area contributed by atoms with E-state index in [1.165, 1.54) is 6.42 Å². The summed E-state index contributed by atoms with van der Waals surface area (Å²) >= 11 is 0. The van der Waals surface area contributed by atoms with Crippen molar-refractivity contribution in [2.75, 3.05) is 18.1 Å². The molecule has 2 unspecified atom stereocenters. The molecule has 0 bridgehead atoms. The van der Waals surface area contributed by atoms with Crippen molar-refractivity contribution in [2.24, 2.45) is 0 Å². The number of hydrogen-bond acceptors (Lipinski definition) is 5. The molecular formula is C15H21N3O3. The third-order valence-corrected chi connectivity index (χ3v) is 4.65. The number of morpholine rings is 1. The van der Waals surface area contributed by atoms with E-state index < -0.39 is 5.97 Å². The minimum Gasteiger partial charge on any atom is -0.478 e. The SMILES string of the molecule is Cc1nnc(N2CCOC3CCCCC32)c(C(=O)O)c1C. The summed E-state index contributed by atoms with van der Waals surface area (Å²) in [5, 5.41) is 17.9. The van der Waals surface area contributed by atoms with Crippen molar-refractivity contribution >= 4 is 11.8 Å². The monoisotopic (exact) mass is 291 g/mol. The highest BCUT2D eigenvalue weighted by Crippen LogP contribution is 2.33. The van der Waals surface area contributed by atoms with Gasteiger partial charge in [0.1, 0.15) is 5.56 Å². The molecule has 2 heterocycles. The number of carbonyl (C=O) groups is 1. The highest BCUT2D eigenvalue weighted by atomic mass is 16.5. The van der Waals surface area contributed by atoms with Crippen molar-refractivity contribution in [3.8, 4) is 0 Å². The number of aromatic carboxylic acids is 1. The molecule has 2 atom stereocenters. The largest absolute Gasteiger partial charge is 0.478 e. The molecule has 3 rings (SSSR count). The number of carboxylic acids is 1. The molecule has 1 aliphatic heterocycles. The highest BCUT2D eigenvalue weighted by Gasteiger charge is 2.37. The van der Waals surface area contributed by atoms with Crippen molar-refractivity contribution in [1.29, 1.82) is 0 Å². The van der Waals surface area contributed by atoms with Gasteiger partial charge in [-0.1, -0.05) is 12.8 Å². The molecule has 0 spiro atoms. The van der Waals surface area contributed by atoms with Gasteiger partial charge in [0, 0.05) is 6.54 Å². The second-order valence-corrected chi connectivity index (χ2v) is 5.87. The number of fused-ring (bicyclic) bond motifs is 1. The van der Waals surface area contributed by atoms with Crippen LogP contribution in [0.1, 0.15) is 47.3 Å². The average Bonchev–Trinajstić information content (AvgIpc) is 2.49. The van der Waals surface area contributed by atoms with Crippen LogP contribution in [-0.2, 0) is 4.74 Å². The van der Waals surface area contributed by atoms with Crippen LogP contribution in [0.5, 0.6) is 0 Å². The van der Waals surface area contributed by atoms with Crippen molar-refractivity contribution in [2.45, 2.75) is 51.7 Å². The van der Waals surface area contributed by atoms with Gasteiger partial charge in [-0.2, -0.15) is 5.10 Å². The molecule has 21 heavy (non-hydrogen) atoms. The fraction of sp³-hybridized carbons (Fsp3) is 0.667. The number of ether oxygens (including phenoxy) is 1. The van der Waals surface area contributed by atoms with E-state index >= 15 is 0 Å². The maximum atomic E-state index is 11.7. The smallest absolute Gasteiger partial charge is 0.339 e. The summed E-state index contributed by atoms with van der Waals surface area (Å²) in [4.78, 5) is 13.8. The topological polar surface area (TPSA) is 75.5 Å². The molecule has 1 aromatic heterocycles. The van der Waals surface area contributed by atoms with Crippen LogP contribution in [0.15, 0.2) is 0 Å². The van der Waals surface area contributed by atoms with Crippen LogP contribution in [0.2, 0.25) is 0 Å². The van der Waals surface area contributed by atoms with Gasteiger partial charge in [0.25, 0.3) is 0 Å². The number of nitrogens with zero attached hydrogens (tertiary/aromatic N) is 3. The van der Waals surface area contributed by atoms with Crippen LogP contribution < -0.4 is 4.90 Å². The molecule has 0 aromatic carbocycles. The van der Waals surface area contributed by atoms with Crippen LogP contribution in [0.4, 0.5) is 5.82 Å². The maximum absolute atomic E-state index is 11.7. The number of aryl methyl sites for hydroxylation is 1. The summed E-state index contributed by atoms with van der Waals surface area (Å²) in [6, 6.07) is 0.224. The molecule has 1 saturated heterocycles. The van der Waals surface area contributed by atoms with Gasteiger partial charge < -0.3 is 14.7 Å². The van der Waals surface area contributed by atoms with Gasteiger partial charge in [-0.3, -0.25) is 0 Å². The molecule has 6 nitrogen and oxygen atoms in total. The Bertz CT molecular complexity index is 559. The van der Waals surface area contributed by atoms with E-state index in [1.807, 2.05) is 0 Å². The maximum Gasteiger partial charge on any atom is 0.339 e. The fourth-order valence-electron chi connectivity index (χ4n) is 3.41. The zero-order chi connectivity index (χ0) is 15.0. The van der Waals surface area contributed by atoms with Crippen molar-refractivity contribution in [3.63, 3.8) is 0 Å². The minimum atomic E-state index is -0.931. The molecule has 2 fully saturated rings. The van der Waals surface area contributed by atoms with Crippen LogP contribution >= 0.6 is 0 Å². The van der Waals surface area contributed by atoms with Gasteiger partial charge >= 0.3 is 5.97 Å². The lowest BCUT2D eigenvalue weighted by atomic mass is 9.89.